The summed E-state index contributed by atoms with van der Waals surface area (Å²) in [6.07, 6.45) is 3.32. The molecule has 21 heavy (non-hydrogen) atoms. The lowest BCUT2D eigenvalue weighted by Gasteiger charge is -2.13. The van der Waals surface area contributed by atoms with Gasteiger partial charge in [0, 0.05) is 24.5 Å². The molecular formula is C15H15Br2ClN2O. The van der Waals surface area contributed by atoms with Gasteiger partial charge in [0.05, 0.1) is 14.0 Å². The number of ether oxygens (including phenoxy) is 1. The van der Waals surface area contributed by atoms with Crippen molar-refractivity contribution >= 4 is 43.5 Å². The Bertz CT molecular complexity index is 599. The van der Waals surface area contributed by atoms with E-state index in [-0.39, 0.29) is 0 Å². The average molecular weight is 435 g/mol. The molecule has 6 heteroatoms. The zero-order chi connectivity index (χ0) is 15.2. The SMILES string of the molecule is CCNCc1cc(Br)c(OCc2ccncc2Cl)c(Br)c1. The Morgan fingerprint density at radius 2 is 2.00 bits per heavy atom. The maximum absolute atomic E-state index is 6.08. The summed E-state index contributed by atoms with van der Waals surface area (Å²) in [6.45, 7) is 4.24. The first-order valence-corrected chi connectivity index (χ1v) is 8.48. The van der Waals surface area contributed by atoms with Gasteiger partial charge < -0.3 is 10.1 Å². The molecule has 0 saturated heterocycles. The molecule has 0 bridgehead atoms. The van der Waals surface area contributed by atoms with Crippen molar-refractivity contribution in [1.82, 2.24) is 10.3 Å². The Kier molecular flexibility index (Phi) is 6.48. The summed E-state index contributed by atoms with van der Waals surface area (Å²) in [7, 11) is 0. The van der Waals surface area contributed by atoms with Crippen LogP contribution in [0.3, 0.4) is 0 Å². The first-order chi connectivity index (χ1) is 10.1. The summed E-state index contributed by atoms with van der Waals surface area (Å²) in [5, 5.41) is 3.90. The standard InChI is InChI=1S/C15H15Br2ClN2O/c1-2-19-7-10-5-12(16)15(13(17)6-10)21-9-11-3-4-20-8-14(11)18/h3-6,8,19H,2,7,9H2,1H3. The quantitative estimate of drug-likeness (QED) is 0.699. The first kappa shape index (κ1) is 16.7. The van der Waals surface area contributed by atoms with Crippen LogP contribution in [0.1, 0.15) is 18.1 Å². The highest BCUT2D eigenvalue weighted by atomic mass is 79.9. The molecule has 0 aliphatic heterocycles. The molecule has 0 amide bonds. The lowest BCUT2D eigenvalue weighted by molar-refractivity contribution is 0.302. The monoisotopic (exact) mass is 432 g/mol. The van der Waals surface area contributed by atoms with Crippen molar-refractivity contribution in [2.75, 3.05) is 6.54 Å². The van der Waals surface area contributed by atoms with Crippen molar-refractivity contribution in [1.29, 1.82) is 0 Å². The second kappa shape index (κ2) is 8.13. The van der Waals surface area contributed by atoms with E-state index in [9.17, 15) is 0 Å². The number of hydrogen-bond donors (Lipinski definition) is 1. The third kappa shape index (κ3) is 4.68. The molecule has 0 spiro atoms. The normalized spacial score (nSPS) is 10.7. The Labute approximate surface area is 146 Å². The summed E-state index contributed by atoms with van der Waals surface area (Å²) in [5.41, 5.74) is 2.09. The second-order valence-corrected chi connectivity index (χ2v) is 6.54. The van der Waals surface area contributed by atoms with Crippen molar-refractivity contribution in [2.24, 2.45) is 0 Å². The number of rotatable bonds is 6. The highest BCUT2D eigenvalue weighted by Crippen LogP contribution is 2.35. The third-order valence-corrected chi connectivity index (χ3v) is 4.38. The Hall–Kier alpha value is -0.620. The van der Waals surface area contributed by atoms with E-state index in [1.807, 2.05) is 6.07 Å². The van der Waals surface area contributed by atoms with Crippen LogP contribution in [-0.4, -0.2) is 11.5 Å². The minimum absolute atomic E-state index is 0.394. The van der Waals surface area contributed by atoms with Gasteiger partial charge in [0.2, 0.25) is 0 Å². The fraction of sp³-hybridized carbons (Fsp3) is 0.267. The van der Waals surface area contributed by atoms with Gasteiger partial charge in [0.1, 0.15) is 12.4 Å². The van der Waals surface area contributed by atoms with E-state index in [4.69, 9.17) is 16.3 Å². The summed E-state index contributed by atoms with van der Waals surface area (Å²) in [5.74, 6) is 0.767. The Morgan fingerprint density at radius 1 is 1.29 bits per heavy atom. The molecule has 0 aliphatic carbocycles. The molecular weight excluding hydrogens is 419 g/mol. The van der Waals surface area contributed by atoms with Crippen LogP contribution in [0.25, 0.3) is 0 Å². The highest BCUT2D eigenvalue weighted by Gasteiger charge is 2.10. The molecule has 1 aromatic carbocycles. The van der Waals surface area contributed by atoms with E-state index in [1.165, 1.54) is 5.56 Å². The number of aromatic nitrogens is 1. The van der Waals surface area contributed by atoms with Crippen LogP contribution < -0.4 is 10.1 Å². The molecule has 112 valence electrons. The van der Waals surface area contributed by atoms with Crippen LogP contribution in [0.15, 0.2) is 39.5 Å². The Balaban J connectivity index is 2.12. The molecule has 3 nitrogen and oxygen atoms in total. The zero-order valence-electron chi connectivity index (χ0n) is 11.5. The molecule has 0 aliphatic rings. The lowest BCUT2D eigenvalue weighted by Crippen LogP contribution is -2.11. The Morgan fingerprint density at radius 3 is 2.62 bits per heavy atom. The van der Waals surface area contributed by atoms with Crippen LogP contribution in [0.2, 0.25) is 5.02 Å². The lowest BCUT2D eigenvalue weighted by atomic mass is 10.2. The van der Waals surface area contributed by atoms with Gasteiger partial charge in [-0.3, -0.25) is 4.98 Å². The first-order valence-electron chi connectivity index (χ1n) is 6.51. The predicted octanol–water partition coefficient (Wildman–Crippen LogP) is 4.95. The number of hydrogen-bond acceptors (Lipinski definition) is 3. The van der Waals surface area contributed by atoms with Crippen LogP contribution in [0.4, 0.5) is 0 Å². The van der Waals surface area contributed by atoms with Gasteiger partial charge in [-0.05, 0) is 62.2 Å². The number of pyridine rings is 1. The van der Waals surface area contributed by atoms with Crippen LogP contribution >= 0.6 is 43.5 Å². The molecule has 1 N–H and O–H groups in total. The summed E-state index contributed by atoms with van der Waals surface area (Å²) in [4.78, 5) is 3.96. The third-order valence-electron chi connectivity index (χ3n) is 2.87. The van der Waals surface area contributed by atoms with Gasteiger partial charge in [-0.2, -0.15) is 0 Å². The van der Waals surface area contributed by atoms with Gasteiger partial charge in [-0.25, -0.2) is 0 Å². The van der Waals surface area contributed by atoms with Crippen molar-refractivity contribution in [2.45, 2.75) is 20.1 Å². The molecule has 0 fully saturated rings. The smallest absolute Gasteiger partial charge is 0.148 e. The summed E-state index contributed by atoms with van der Waals surface area (Å²) < 4.78 is 7.69. The van der Waals surface area contributed by atoms with Gasteiger partial charge >= 0.3 is 0 Å². The largest absolute Gasteiger partial charge is 0.486 e. The number of nitrogens with zero attached hydrogens (tertiary/aromatic N) is 1. The van der Waals surface area contributed by atoms with Gasteiger partial charge in [-0.1, -0.05) is 18.5 Å². The average Bonchev–Trinajstić information content (AvgIpc) is 2.46. The van der Waals surface area contributed by atoms with Gasteiger partial charge in [0.15, 0.2) is 0 Å². The second-order valence-electron chi connectivity index (χ2n) is 4.42. The minimum atomic E-state index is 0.394. The van der Waals surface area contributed by atoms with E-state index in [2.05, 4.69) is 61.2 Å². The van der Waals surface area contributed by atoms with E-state index in [1.54, 1.807) is 12.4 Å². The van der Waals surface area contributed by atoms with E-state index >= 15 is 0 Å². The number of halogens is 3. The van der Waals surface area contributed by atoms with Crippen molar-refractivity contribution in [3.63, 3.8) is 0 Å². The molecule has 1 heterocycles. The molecule has 0 unspecified atom stereocenters. The van der Waals surface area contributed by atoms with Crippen molar-refractivity contribution in [3.8, 4) is 5.75 Å². The fourth-order valence-electron chi connectivity index (χ4n) is 1.79. The molecule has 0 atom stereocenters. The highest BCUT2D eigenvalue weighted by molar-refractivity contribution is 9.11. The maximum atomic E-state index is 6.08. The van der Waals surface area contributed by atoms with E-state index in [0.717, 1.165) is 33.3 Å². The van der Waals surface area contributed by atoms with E-state index in [0.29, 0.717) is 11.6 Å². The number of nitrogens with one attached hydrogen (secondary N) is 1. The zero-order valence-corrected chi connectivity index (χ0v) is 15.4. The van der Waals surface area contributed by atoms with Crippen LogP contribution in [0.5, 0.6) is 5.75 Å². The maximum Gasteiger partial charge on any atom is 0.148 e. The van der Waals surface area contributed by atoms with Crippen LogP contribution in [-0.2, 0) is 13.2 Å². The summed E-state index contributed by atoms with van der Waals surface area (Å²) in [6, 6.07) is 5.96. The van der Waals surface area contributed by atoms with Crippen molar-refractivity contribution < 1.29 is 4.74 Å². The molecule has 0 saturated carbocycles. The van der Waals surface area contributed by atoms with Crippen LogP contribution in [0, 0.1) is 0 Å². The van der Waals surface area contributed by atoms with Crippen molar-refractivity contribution in [3.05, 3.63) is 55.7 Å². The topological polar surface area (TPSA) is 34.1 Å². The molecule has 2 aromatic rings. The molecule has 0 radical (unpaired) electrons. The van der Waals surface area contributed by atoms with Gasteiger partial charge in [0.25, 0.3) is 0 Å². The minimum Gasteiger partial charge on any atom is -0.486 e. The van der Waals surface area contributed by atoms with Gasteiger partial charge in [-0.15, -0.1) is 0 Å². The summed E-state index contributed by atoms with van der Waals surface area (Å²) >= 11 is 13.2. The molecule has 1 aromatic heterocycles. The molecule has 2 rings (SSSR count). The van der Waals surface area contributed by atoms with E-state index < -0.39 is 0 Å². The number of benzene rings is 1. The fourth-order valence-corrected chi connectivity index (χ4v) is 3.48. The predicted molar refractivity (Wildman–Crippen MR) is 92.8 cm³/mol.